The summed E-state index contributed by atoms with van der Waals surface area (Å²) in [5, 5.41) is 11.9. The van der Waals surface area contributed by atoms with Crippen LogP contribution in [0.4, 0.5) is 0 Å². The molecule has 1 unspecified atom stereocenters. The van der Waals surface area contributed by atoms with Gasteiger partial charge in [-0.3, -0.25) is 8.74 Å². The highest BCUT2D eigenvalue weighted by molar-refractivity contribution is 8.00. The molecule has 0 aliphatic heterocycles. The molecule has 8 nitrogen and oxygen atoms in total. The van der Waals surface area contributed by atoms with Crippen LogP contribution >= 0.6 is 11.8 Å². The van der Waals surface area contributed by atoms with Crippen LogP contribution in [0.5, 0.6) is 0 Å². The van der Waals surface area contributed by atoms with Crippen molar-refractivity contribution in [3.05, 3.63) is 65.1 Å². The molecule has 0 bridgehead atoms. The number of nitrogens with zero attached hydrogens (tertiary/aromatic N) is 1. The molecule has 0 saturated carbocycles. The Labute approximate surface area is 182 Å². The Hall–Kier alpha value is -1.66. The van der Waals surface area contributed by atoms with Crippen LogP contribution in [0.2, 0.25) is 0 Å². The predicted octanol–water partition coefficient (Wildman–Crippen LogP) is 2.59. The summed E-state index contributed by atoms with van der Waals surface area (Å²) in [6, 6.07) is 13.1. The smallest absolute Gasteiger partial charge is 0.264 e. The Kier molecular flexibility index (Phi) is 9.30. The second-order valence-electron chi connectivity index (χ2n) is 7.26. The normalized spacial score (nSPS) is 13.3. The fourth-order valence-corrected chi connectivity index (χ4v) is 4.33. The van der Waals surface area contributed by atoms with Crippen molar-refractivity contribution >= 4 is 32.0 Å². The number of thioether (sulfide) groups is 1. The fourth-order valence-electron chi connectivity index (χ4n) is 2.39. The molecule has 2 aromatic rings. The van der Waals surface area contributed by atoms with Crippen LogP contribution in [-0.4, -0.2) is 44.8 Å². The average Bonchev–Trinajstić information content (AvgIpc) is 2.55. The molecular formula is C19H27NO7S3. The lowest BCUT2D eigenvalue weighted by atomic mass is 10.0. The summed E-state index contributed by atoms with van der Waals surface area (Å²) >= 11 is 1.53. The molecular weight excluding hydrogens is 450 g/mol. The van der Waals surface area contributed by atoms with Crippen LogP contribution in [0.25, 0.3) is 0 Å². The maximum atomic E-state index is 11.9. The summed E-state index contributed by atoms with van der Waals surface area (Å²) in [6.45, 7) is 5.86. The first-order valence-corrected chi connectivity index (χ1v) is 13.3. The number of rotatable bonds is 7. The number of aromatic nitrogens is 1. The number of aryl methyl sites for hydroxylation is 1. The van der Waals surface area contributed by atoms with Gasteiger partial charge in [0.05, 0.1) is 18.9 Å². The molecule has 0 saturated heterocycles. The molecule has 1 aromatic heterocycles. The Balaban J connectivity index is 0.000000804. The molecule has 1 N–H and O–H groups in total. The van der Waals surface area contributed by atoms with Crippen LogP contribution in [0.1, 0.15) is 25.1 Å². The van der Waals surface area contributed by atoms with Gasteiger partial charge in [0.1, 0.15) is 6.10 Å². The van der Waals surface area contributed by atoms with E-state index >= 15 is 0 Å². The highest BCUT2D eigenvalue weighted by Crippen LogP contribution is 2.38. The maximum Gasteiger partial charge on any atom is 0.264 e. The van der Waals surface area contributed by atoms with Crippen LogP contribution in [0.15, 0.2) is 53.6 Å². The summed E-state index contributed by atoms with van der Waals surface area (Å²) in [6.07, 6.45) is 2.66. The molecule has 0 radical (unpaired) electrons. The average molecular weight is 478 g/mol. The lowest BCUT2D eigenvalue weighted by molar-refractivity contribution is -0.614. The van der Waals surface area contributed by atoms with Gasteiger partial charge in [0.25, 0.3) is 20.2 Å². The third kappa shape index (κ3) is 10.9. The maximum absolute atomic E-state index is 11.9. The van der Waals surface area contributed by atoms with Crippen molar-refractivity contribution in [2.24, 2.45) is 0 Å². The van der Waals surface area contributed by atoms with Crippen molar-refractivity contribution < 1.29 is 30.3 Å². The van der Waals surface area contributed by atoms with E-state index in [1.807, 2.05) is 45.0 Å². The van der Waals surface area contributed by atoms with Gasteiger partial charge in [-0.1, -0.05) is 23.8 Å². The van der Waals surface area contributed by atoms with E-state index in [2.05, 4.69) is 0 Å². The first kappa shape index (κ1) is 26.4. The van der Waals surface area contributed by atoms with Gasteiger partial charge >= 0.3 is 0 Å². The van der Waals surface area contributed by atoms with Gasteiger partial charge in [-0.2, -0.15) is 21.6 Å². The van der Waals surface area contributed by atoms with E-state index in [4.69, 9.17) is 8.74 Å². The van der Waals surface area contributed by atoms with Crippen LogP contribution in [0, 0.1) is 12.1 Å². The van der Waals surface area contributed by atoms with Gasteiger partial charge in [-0.25, -0.2) is 0 Å². The van der Waals surface area contributed by atoms with Gasteiger partial charge in [0, 0.05) is 21.8 Å². The minimum Gasteiger partial charge on any atom is -0.619 e. The SMILES string of the molecule is CS(=O)(=O)O.Cc1ccc(SC(C)(C)C(Cc2cccc[n+]2[O-])OS(C)(=O)=O)cc1. The summed E-state index contributed by atoms with van der Waals surface area (Å²) in [4.78, 5) is 1.01. The number of benzene rings is 1. The van der Waals surface area contributed by atoms with Gasteiger partial charge < -0.3 is 5.21 Å². The first-order valence-electron chi connectivity index (χ1n) is 8.80. The molecule has 168 valence electrons. The van der Waals surface area contributed by atoms with Crippen molar-refractivity contribution in [2.75, 3.05) is 12.5 Å². The van der Waals surface area contributed by atoms with E-state index in [0.29, 0.717) is 11.9 Å². The van der Waals surface area contributed by atoms with E-state index in [9.17, 15) is 22.0 Å². The Morgan fingerprint density at radius 2 is 1.63 bits per heavy atom. The van der Waals surface area contributed by atoms with Crippen molar-refractivity contribution in [1.29, 1.82) is 0 Å². The second kappa shape index (κ2) is 10.6. The lowest BCUT2D eigenvalue weighted by Gasteiger charge is -2.32. The summed E-state index contributed by atoms with van der Waals surface area (Å²) in [5.74, 6) is 0. The molecule has 0 aliphatic carbocycles. The van der Waals surface area contributed by atoms with E-state index in [-0.39, 0.29) is 6.42 Å². The molecule has 0 amide bonds. The Morgan fingerprint density at radius 1 is 1.10 bits per heavy atom. The fraction of sp³-hybridized carbons (Fsp3) is 0.421. The first-order chi connectivity index (χ1) is 13.6. The zero-order valence-corrected chi connectivity index (χ0v) is 19.9. The van der Waals surface area contributed by atoms with E-state index in [1.165, 1.54) is 18.0 Å². The molecule has 1 aromatic carbocycles. The third-order valence-electron chi connectivity index (χ3n) is 3.77. The van der Waals surface area contributed by atoms with Crippen LogP contribution in [-0.2, 0) is 30.8 Å². The molecule has 1 heterocycles. The van der Waals surface area contributed by atoms with Gasteiger partial charge in [0.15, 0.2) is 11.9 Å². The van der Waals surface area contributed by atoms with Crippen molar-refractivity contribution in [3.63, 3.8) is 0 Å². The summed E-state index contributed by atoms with van der Waals surface area (Å²) in [5.41, 5.74) is 1.62. The lowest BCUT2D eigenvalue weighted by Crippen LogP contribution is -2.42. The monoisotopic (exact) mass is 477 g/mol. The number of hydrogen-bond donors (Lipinski definition) is 1. The van der Waals surface area contributed by atoms with Crippen molar-refractivity contribution in [2.45, 2.75) is 42.9 Å². The molecule has 0 fully saturated rings. The van der Waals surface area contributed by atoms with Crippen molar-refractivity contribution in [1.82, 2.24) is 0 Å². The quantitative estimate of drug-likeness (QED) is 0.212. The third-order valence-corrected chi connectivity index (χ3v) is 5.65. The van der Waals surface area contributed by atoms with Crippen LogP contribution in [0.3, 0.4) is 0 Å². The number of pyridine rings is 1. The zero-order valence-electron chi connectivity index (χ0n) is 17.5. The minimum absolute atomic E-state index is 0.198. The summed E-state index contributed by atoms with van der Waals surface area (Å²) in [7, 11) is -7.33. The molecule has 0 spiro atoms. The standard InChI is InChI=1S/C18H23NO4S2.CH4O3S/c1-14-8-10-16(11-9-14)24-18(2,3)17(23-25(4,21)22)13-15-7-5-6-12-19(15)20;1-5(2,3)4/h5-12,17H,13H2,1-4H3;1H3,(H,2,3,4). The van der Waals surface area contributed by atoms with E-state index in [1.54, 1.807) is 18.2 Å². The highest BCUT2D eigenvalue weighted by Gasteiger charge is 2.36. The van der Waals surface area contributed by atoms with Crippen molar-refractivity contribution in [3.8, 4) is 0 Å². The largest absolute Gasteiger partial charge is 0.619 e. The number of hydrogen-bond acceptors (Lipinski definition) is 7. The predicted molar refractivity (Wildman–Crippen MR) is 117 cm³/mol. The van der Waals surface area contributed by atoms with Gasteiger partial charge in [-0.15, -0.1) is 11.8 Å². The van der Waals surface area contributed by atoms with Gasteiger partial charge in [0.2, 0.25) is 0 Å². The topological polar surface area (TPSA) is 125 Å². The zero-order chi connectivity index (χ0) is 23.2. The van der Waals surface area contributed by atoms with Crippen LogP contribution < -0.4 is 4.73 Å². The Morgan fingerprint density at radius 3 is 2.10 bits per heavy atom. The molecule has 30 heavy (non-hydrogen) atoms. The van der Waals surface area contributed by atoms with E-state index < -0.39 is 31.1 Å². The highest BCUT2D eigenvalue weighted by atomic mass is 32.2. The molecule has 1 atom stereocenters. The summed E-state index contributed by atoms with van der Waals surface area (Å²) < 4.78 is 54.9. The van der Waals surface area contributed by atoms with Gasteiger partial charge in [-0.05, 0) is 32.9 Å². The molecule has 0 aliphatic rings. The second-order valence-corrected chi connectivity index (χ2v) is 12.1. The molecule has 11 heteroatoms. The van der Waals surface area contributed by atoms with E-state index in [0.717, 1.165) is 21.4 Å². The Bertz CT molecular complexity index is 1030. The molecule has 2 rings (SSSR count). The minimum atomic E-state index is -3.67.